The number of fused-ring (bicyclic) bond motifs is 5. The zero-order valence-electron chi connectivity index (χ0n) is 29.6. The molecule has 0 bridgehead atoms. The van der Waals surface area contributed by atoms with Crippen molar-refractivity contribution in [2.75, 3.05) is 4.90 Å². The first kappa shape index (κ1) is 31.6. The van der Waals surface area contributed by atoms with Crippen LogP contribution in [0.3, 0.4) is 0 Å². The van der Waals surface area contributed by atoms with Gasteiger partial charge in [-0.05, 0) is 116 Å². The molecule has 54 heavy (non-hydrogen) atoms. The lowest BCUT2D eigenvalue weighted by Crippen LogP contribution is -2.09. The molecule has 0 amide bonds. The van der Waals surface area contributed by atoms with Crippen LogP contribution < -0.4 is 4.90 Å². The largest absolute Gasteiger partial charge is 0.456 e. The molecule has 9 aromatic carbocycles. The van der Waals surface area contributed by atoms with Crippen LogP contribution in [0.4, 0.5) is 17.1 Å². The van der Waals surface area contributed by atoms with E-state index >= 15 is 0 Å². The van der Waals surface area contributed by atoms with Crippen LogP contribution in [0, 0.1) is 0 Å². The summed E-state index contributed by atoms with van der Waals surface area (Å²) < 4.78 is 6.24. The summed E-state index contributed by atoms with van der Waals surface area (Å²) in [5.41, 5.74) is 14.7. The Morgan fingerprint density at radius 1 is 0.296 bits per heavy atom. The highest BCUT2D eigenvalue weighted by Gasteiger charge is 2.16. The van der Waals surface area contributed by atoms with Crippen molar-refractivity contribution in [2.45, 2.75) is 0 Å². The molecule has 0 N–H and O–H groups in total. The van der Waals surface area contributed by atoms with Crippen LogP contribution in [0.2, 0.25) is 0 Å². The van der Waals surface area contributed by atoms with Crippen molar-refractivity contribution < 1.29 is 4.42 Å². The molecular formula is C52H35NO. The monoisotopic (exact) mass is 689 g/mol. The number of benzene rings is 9. The van der Waals surface area contributed by atoms with Crippen molar-refractivity contribution in [3.05, 3.63) is 212 Å². The number of para-hydroxylation sites is 2. The third kappa shape index (κ3) is 5.71. The van der Waals surface area contributed by atoms with E-state index in [1.165, 1.54) is 60.7 Å². The number of nitrogens with zero attached hydrogens (tertiary/aromatic N) is 1. The van der Waals surface area contributed by atoms with Gasteiger partial charge in [0, 0.05) is 27.8 Å². The Hall–Kier alpha value is -7.16. The second-order valence-electron chi connectivity index (χ2n) is 13.7. The fraction of sp³-hybridized carbons (Fsp3) is 0. The summed E-state index contributed by atoms with van der Waals surface area (Å²) >= 11 is 0. The first-order valence-electron chi connectivity index (χ1n) is 18.4. The Morgan fingerprint density at radius 2 is 0.796 bits per heavy atom. The van der Waals surface area contributed by atoms with Gasteiger partial charge in [-0.3, -0.25) is 0 Å². The highest BCUT2D eigenvalue weighted by atomic mass is 16.3. The molecule has 0 spiro atoms. The summed E-state index contributed by atoms with van der Waals surface area (Å²) in [6, 6.07) is 75.9. The zero-order valence-corrected chi connectivity index (χ0v) is 29.6. The normalized spacial score (nSPS) is 11.3. The molecule has 2 heteroatoms. The molecule has 0 aliphatic rings. The lowest BCUT2D eigenvalue weighted by molar-refractivity contribution is 0.669. The topological polar surface area (TPSA) is 16.4 Å². The molecule has 0 aliphatic heterocycles. The second-order valence-corrected chi connectivity index (χ2v) is 13.7. The molecule has 0 fully saturated rings. The van der Waals surface area contributed by atoms with Crippen LogP contribution in [-0.4, -0.2) is 0 Å². The van der Waals surface area contributed by atoms with Gasteiger partial charge in [0.25, 0.3) is 0 Å². The van der Waals surface area contributed by atoms with E-state index in [0.29, 0.717) is 0 Å². The maximum absolute atomic E-state index is 6.24. The smallest absolute Gasteiger partial charge is 0.136 e. The Kier molecular flexibility index (Phi) is 7.85. The van der Waals surface area contributed by atoms with E-state index in [-0.39, 0.29) is 0 Å². The number of furan rings is 1. The maximum Gasteiger partial charge on any atom is 0.136 e. The predicted molar refractivity (Wildman–Crippen MR) is 228 cm³/mol. The van der Waals surface area contributed by atoms with Gasteiger partial charge in [0.15, 0.2) is 0 Å². The average Bonchev–Trinajstić information content (AvgIpc) is 3.64. The van der Waals surface area contributed by atoms with Crippen LogP contribution in [-0.2, 0) is 0 Å². The molecule has 10 aromatic rings. The highest BCUT2D eigenvalue weighted by molar-refractivity contribution is 6.19. The van der Waals surface area contributed by atoms with E-state index < -0.39 is 0 Å². The third-order valence-corrected chi connectivity index (χ3v) is 10.5. The molecule has 10 rings (SSSR count). The van der Waals surface area contributed by atoms with E-state index in [9.17, 15) is 0 Å². The fourth-order valence-corrected chi connectivity index (χ4v) is 7.80. The van der Waals surface area contributed by atoms with Crippen molar-refractivity contribution in [3.63, 3.8) is 0 Å². The molecule has 0 radical (unpaired) electrons. The lowest BCUT2D eigenvalue weighted by Gasteiger charge is -2.26. The number of hydrogen-bond acceptors (Lipinski definition) is 2. The van der Waals surface area contributed by atoms with Gasteiger partial charge in [-0.1, -0.05) is 152 Å². The van der Waals surface area contributed by atoms with Crippen LogP contribution in [0.15, 0.2) is 217 Å². The van der Waals surface area contributed by atoms with Crippen LogP contribution in [0.5, 0.6) is 0 Å². The third-order valence-electron chi connectivity index (χ3n) is 10.5. The molecule has 0 saturated heterocycles. The number of anilines is 3. The van der Waals surface area contributed by atoms with E-state index in [0.717, 1.165) is 33.6 Å². The molecular weight excluding hydrogens is 655 g/mol. The quantitative estimate of drug-likeness (QED) is 0.166. The fourth-order valence-electron chi connectivity index (χ4n) is 7.80. The molecule has 2 nitrogen and oxygen atoms in total. The van der Waals surface area contributed by atoms with Gasteiger partial charge in [0.05, 0.1) is 0 Å². The summed E-state index contributed by atoms with van der Waals surface area (Å²) in [4.78, 5) is 2.32. The molecule has 254 valence electrons. The van der Waals surface area contributed by atoms with Crippen LogP contribution >= 0.6 is 0 Å². The maximum atomic E-state index is 6.24. The molecule has 0 unspecified atom stereocenters. The molecule has 1 heterocycles. The Bertz CT molecular complexity index is 2890. The van der Waals surface area contributed by atoms with Gasteiger partial charge in [0.1, 0.15) is 11.2 Å². The molecule has 1 aromatic heterocycles. The van der Waals surface area contributed by atoms with Crippen molar-refractivity contribution >= 4 is 49.8 Å². The summed E-state index contributed by atoms with van der Waals surface area (Å²) in [5.74, 6) is 0. The van der Waals surface area contributed by atoms with Crippen LogP contribution in [0.25, 0.3) is 77.2 Å². The summed E-state index contributed by atoms with van der Waals surface area (Å²) in [6.45, 7) is 0. The number of hydrogen-bond donors (Lipinski definition) is 0. The van der Waals surface area contributed by atoms with Gasteiger partial charge in [-0.25, -0.2) is 0 Å². The number of rotatable bonds is 7. The van der Waals surface area contributed by atoms with E-state index in [1.54, 1.807) is 0 Å². The minimum absolute atomic E-state index is 0.916. The predicted octanol–water partition coefficient (Wildman–Crippen LogP) is 14.9. The van der Waals surface area contributed by atoms with Crippen molar-refractivity contribution in [3.8, 4) is 44.5 Å². The minimum Gasteiger partial charge on any atom is -0.456 e. The van der Waals surface area contributed by atoms with Gasteiger partial charge < -0.3 is 9.32 Å². The summed E-state index contributed by atoms with van der Waals surface area (Å²) in [7, 11) is 0. The standard InChI is InChI=1S/C52H35NO/c1-4-12-36(13-5-1)37-22-28-44(29-23-37)53(43-16-8-3-9-17-43)45-30-24-39(25-31-45)46-32-26-42(34-48(46)38-14-6-2-7-15-38)41-21-20-40-27-33-51-52(49(40)35-41)47-18-10-11-19-50(47)54-51/h1-35H. The van der Waals surface area contributed by atoms with E-state index in [2.05, 4.69) is 205 Å². The SMILES string of the molecule is c1ccc(-c2ccc(N(c3ccccc3)c3ccc(-c4ccc(-c5ccc6ccc7oc8ccccc8c7c6c5)cc4-c4ccccc4)cc3)cc2)cc1. The lowest BCUT2D eigenvalue weighted by atomic mass is 9.90. The molecule has 0 atom stereocenters. The molecule has 0 saturated carbocycles. The molecule has 0 aliphatic carbocycles. The van der Waals surface area contributed by atoms with Gasteiger partial charge in [-0.15, -0.1) is 0 Å². The highest BCUT2D eigenvalue weighted by Crippen LogP contribution is 2.41. The minimum atomic E-state index is 0.916. The van der Waals surface area contributed by atoms with E-state index in [4.69, 9.17) is 4.42 Å². The van der Waals surface area contributed by atoms with Gasteiger partial charge >= 0.3 is 0 Å². The Labute approximate surface area is 314 Å². The Morgan fingerprint density at radius 3 is 1.52 bits per heavy atom. The first-order valence-corrected chi connectivity index (χ1v) is 18.4. The Balaban J connectivity index is 1.05. The van der Waals surface area contributed by atoms with Crippen molar-refractivity contribution in [1.29, 1.82) is 0 Å². The van der Waals surface area contributed by atoms with Crippen molar-refractivity contribution in [2.24, 2.45) is 0 Å². The average molecular weight is 690 g/mol. The van der Waals surface area contributed by atoms with Crippen molar-refractivity contribution in [1.82, 2.24) is 0 Å². The zero-order chi connectivity index (χ0) is 35.8. The summed E-state index contributed by atoms with van der Waals surface area (Å²) in [5, 5.41) is 4.72. The van der Waals surface area contributed by atoms with Gasteiger partial charge in [0.2, 0.25) is 0 Å². The van der Waals surface area contributed by atoms with Crippen LogP contribution in [0.1, 0.15) is 0 Å². The summed E-state index contributed by atoms with van der Waals surface area (Å²) in [6.07, 6.45) is 0. The second kappa shape index (κ2) is 13.4. The first-order chi connectivity index (χ1) is 26.8. The van der Waals surface area contributed by atoms with E-state index in [1.807, 2.05) is 12.1 Å². The van der Waals surface area contributed by atoms with Gasteiger partial charge in [-0.2, -0.15) is 0 Å².